The lowest BCUT2D eigenvalue weighted by Gasteiger charge is -2.34. The molecule has 0 spiro atoms. The highest BCUT2D eigenvalue weighted by atomic mass is 35.5. The van der Waals surface area contributed by atoms with Gasteiger partial charge < -0.3 is 9.47 Å². The summed E-state index contributed by atoms with van der Waals surface area (Å²) in [5, 5.41) is 0.438. The number of nitrogens with zero attached hydrogens (tertiary/aromatic N) is 3. The molecule has 0 unspecified atom stereocenters. The number of aromatic nitrogens is 2. The van der Waals surface area contributed by atoms with Gasteiger partial charge in [0.05, 0.1) is 28.7 Å². The Morgan fingerprint density at radius 2 is 1.96 bits per heavy atom. The van der Waals surface area contributed by atoms with E-state index in [1.165, 1.54) is 17.0 Å². The first-order valence-corrected chi connectivity index (χ1v) is 8.69. The molecular formula is C18H13Cl2F2N3O. The third-order valence-electron chi connectivity index (χ3n) is 4.42. The first-order chi connectivity index (χ1) is 12.4. The minimum absolute atomic E-state index is 0.0183. The Hall–Kier alpha value is -2.18. The van der Waals surface area contributed by atoms with Crippen molar-refractivity contribution in [3.63, 3.8) is 0 Å². The van der Waals surface area contributed by atoms with Crippen LogP contribution in [0.3, 0.4) is 0 Å². The minimum Gasteiger partial charge on any atom is -0.335 e. The normalized spacial score (nSPS) is 14.7. The molecule has 1 saturated heterocycles. The maximum absolute atomic E-state index is 13.4. The van der Waals surface area contributed by atoms with Crippen molar-refractivity contribution < 1.29 is 13.6 Å². The highest BCUT2D eigenvalue weighted by Gasteiger charge is 2.30. The van der Waals surface area contributed by atoms with E-state index >= 15 is 0 Å². The summed E-state index contributed by atoms with van der Waals surface area (Å²) in [6.07, 6.45) is 2.30. The number of hydrogen-bond donors (Lipinski definition) is 0. The Kier molecular flexibility index (Phi) is 4.32. The molecule has 4 rings (SSSR count). The Bertz CT molecular complexity index is 1020. The van der Waals surface area contributed by atoms with Crippen LogP contribution in [0.4, 0.5) is 8.78 Å². The van der Waals surface area contributed by atoms with Gasteiger partial charge in [-0.05, 0) is 23.8 Å². The van der Waals surface area contributed by atoms with Crippen LogP contribution in [0.25, 0.3) is 22.2 Å². The van der Waals surface area contributed by atoms with Gasteiger partial charge in [-0.2, -0.15) is 0 Å². The summed E-state index contributed by atoms with van der Waals surface area (Å²) in [5.74, 6) is -0.676. The molecule has 1 amide bonds. The summed E-state index contributed by atoms with van der Waals surface area (Å²) in [6, 6.07) is 6.22. The molecule has 134 valence electrons. The Morgan fingerprint density at radius 3 is 2.65 bits per heavy atom. The second-order valence-electron chi connectivity index (χ2n) is 6.22. The van der Waals surface area contributed by atoms with E-state index in [9.17, 15) is 13.6 Å². The van der Waals surface area contributed by atoms with Gasteiger partial charge in [-0.25, -0.2) is 8.78 Å². The molecule has 0 saturated carbocycles. The predicted molar refractivity (Wildman–Crippen MR) is 96.6 cm³/mol. The Morgan fingerprint density at radius 1 is 1.19 bits per heavy atom. The largest absolute Gasteiger partial charge is 0.335 e. The summed E-state index contributed by atoms with van der Waals surface area (Å²) in [5.41, 5.74) is 2.64. The maximum Gasteiger partial charge on any atom is 0.242 e. The minimum atomic E-state index is -0.944. The van der Waals surface area contributed by atoms with Crippen molar-refractivity contribution in [2.75, 3.05) is 13.1 Å². The number of rotatable bonds is 3. The van der Waals surface area contributed by atoms with Crippen LogP contribution in [-0.4, -0.2) is 39.6 Å². The molecule has 2 aromatic heterocycles. The van der Waals surface area contributed by atoms with E-state index in [0.717, 1.165) is 5.56 Å². The van der Waals surface area contributed by atoms with Gasteiger partial charge in [0.2, 0.25) is 5.91 Å². The third kappa shape index (κ3) is 3.04. The highest BCUT2D eigenvalue weighted by Crippen LogP contribution is 2.30. The molecule has 26 heavy (non-hydrogen) atoms. The number of alkyl halides is 1. The second-order valence-corrected chi connectivity index (χ2v) is 7.04. The third-order valence-corrected chi connectivity index (χ3v) is 4.99. The first kappa shape index (κ1) is 17.2. The summed E-state index contributed by atoms with van der Waals surface area (Å²) in [4.78, 5) is 18.1. The van der Waals surface area contributed by atoms with E-state index in [2.05, 4.69) is 4.98 Å². The fraction of sp³-hybridized carbons (Fsp3) is 0.222. The fourth-order valence-electron chi connectivity index (χ4n) is 2.96. The molecule has 3 heterocycles. The average Bonchev–Trinajstić information content (AvgIpc) is 2.89. The van der Waals surface area contributed by atoms with Crippen LogP contribution in [0, 0.1) is 5.82 Å². The van der Waals surface area contributed by atoms with Gasteiger partial charge >= 0.3 is 0 Å². The molecule has 8 heteroatoms. The molecule has 0 atom stereocenters. The molecule has 4 nitrogen and oxygen atoms in total. The monoisotopic (exact) mass is 395 g/mol. The zero-order valence-electron chi connectivity index (χ0n) is 13.4. The smallest absolute Gasteiger partial charge is 0.242 e. The van der Waals surface area contributed by atoms with Gasteiger partial charge in [-0.15, -0.1) is 0 Å². The molecule has 1 aromatic carbocycles. The van der Waals surface area contributed by atoms with E-state index in [4.69, 9.17) is 23.2 Å². The fourth-order valence-corrected chi connectivity index (χ4v) is 3.41. The molecule has 0 N–H and O–H groups in total. The van der Waals surface area contributed by atoms with Crippen LogP contribution in [0.1, 0.15) is 0 Å². The second kappa shape index (κ2) is 6.52. The lowest BCUT2D eigenvalue weighted by Crippen LogP contribution is -2.52. The number of benzene rings is 1. The average molecular weight is 396 g/mol. The molecule has 1 fully saturated rings. The van der Waals surface area contributed by atoms with E-state index in [0.29, 0.717) is 21.6 Å². The Labute approximate surface area is 157 Å². The summed E-state index contributed by atoms with van der Waals surface area (Å²) < 4.78 is 28.0. The number of likely N-dealkylation sites (tertiary alicyclic amines) is 1. The lowest BCUT2D eigenvalue weighted by molar-refractivity contribution is -0.138. The van der Waals surface area contributed by atoms with Crippen molar-refractivity contribution in [1.82, 2.24) is 14.5 Å². The van der Waals surface area contributed by atoms with Crippen LogP contribution in [-0.2, 0) is 11.3 Å². The van der Waals surface area contributed by atoms with E-state index in [1.54, 1.807) is 23.0 Å². The quantitative estimate of drug-likeness (QED) is 0.661. The zero-order chi connectivity index (χ0) is 18.4. The lowest BCUT2D eigenvalue weighted by atomic mass is 10.1. The van der Waals surface area contributed by atoms with Gasteiger partial charge in [0, 0.05) is 18.0 Å². The summed E-state index contributed by atoms with van der Waals surface area (Å²) in [6.45, 7) is 0.304. The number of amides is 1. The van der Waals surface area contributed by atoms with Gasteiger partial charge in [0.15, 0.2) is 0 Å². The molecule has 1 aliphatic heterocycles. The number of fused-ring (bicyclic) bond motifs is 1. The van der Waals surface area contributed by atoms with Crippen LogP contribution >= 0.6 is 23.2 Å². The van der Waals surface area contributed by atoms with E-state index in [1.807, 2.05) is 6.07 Å². The van der Waals surface area contributed by atoms with Crippen molar-refractivity contribution in [2.45, 2.75) is 12.7 Å². The molecule has 0 aliphatic carbocycles. The molecular weight excluding hydrogens is 383 g/mol. The van der Waals surface area contributed by atoms with Gasteiger partial charge in [-0.1, -0.05) is 29.3 Å². The van der Waals surface area contributed by atoms with Crippen molar-refractivity contribution in [3.05, 3.63) is 52.5 Å². The van der Waals surface area contributed by atoms with Crippen molar-refractivity contribution in [2.24, 2.45) is 0 Å². The summed E-state index contributed by atoms with van der Waals surface area (Å²) in [7, 11) is 0. The van der Waals surface area contributed by atoms with E-state index < -0.39 is 12.0 Å². The zero-order valence-corrected chi connectivity index (χ0v) is 14.9. The highest BCUT2D eigenvalue weighted by molar-refractivity contribution is 6.35. The number of pyridine rings is 1. The van der Waals surface area contributed by atoms with Crippen molar-refractivity contribution in [1.29, 1.82) is 0 Å². The van der Waals surface area contributed by atoms with Crippen molar-refractivity contribution >= 4 is 40.1 Å². The van der Waals surface area contributed by atoms with Crippen LogP contribution < -0.4 is 0 Å². The number of carbonyl (C=O) groups is 1. The molecule has 3 aromatic rings. The van der Waals surface area contributed by atoms with Gasteiger partial charge in [0.1, 0.15) is 24.1 Å². The van der Waals surface area contributed by atoms with Crippen molar-refractivity contribution in [3.8, 4) is 11.1 Å². The number of halogens is 4. The first-order valence-electron chi connectivity index (χ1n) is 7.94. The van der Waals surface area contributed by atoms with Gasteiger partial charge in [-0.3, -0.25) is 9.78 Å². The van der Waals surface area contributed by atoms with Gasteiger partial charge in [0.25, 0.3) is 0 Å². The molecule has 0 bridgehead atoms. The van der Waals surface area contributed by atoms with Crippen LogP contribution in [0.2, 0.25) is 10.0 Å². The maximum atomic E-state index is 13.4. The topological polar surface area (TPSA) is 38.1 Å². The SMILES string of the molecule is O=C(Cn1cc(Cl)c2ncc(-c3ccc(F)c(Cl)c3)cc21)N1CC(F)C1. The van der Waals surface area contributed by atoms with Crippen LogP contribution in [0.15, 0.2) is 36.7 Å². The Balaban J connectivity index is 1.70. The molecule has 1 aliphatic rings. The standard InChI is InChI=1S/C18H13Cl2F2N3O/c19-13-3-10(1-2-15(13)22)11-4-16-18(23-5-11)14(20)8-24(16)9-17(26)25-6-12(21)7-25/h1-5,8,12H,6-7,9H2. The number of hydrogen-bond acceptors (Lipinski definition) is 2. The molecule has 0 radical (unpaired) electrons. The predicted octanol–water partition coefficient (Wildman–Crippen LogP) is 4.33. The number of carbonyl (C=O) groups excluding carboxylic acids is 1. The van der Waals surface area contributed by atoms with Crippen LogP contribution in [0.5, 0.6) is 0 Å². The van der Waals surface area contributed by atoms with E-state index in [-0.39, 0.29) is 30.6 Å². The summed E-state index contributed by atoms with van der Waals surface area (Å²) >= 11 is 12.1.